The minimum atomic E-state index is -1.07. The molecule has 10 aromatic carbocycles. The molecule has 0 unspecified atom stereocenters. The molecule has 656 valence electrons. The van der Waals surface area contributed by atoms with Crippen molar-refractivity contribution in [2.75, 3.05) is 112 Å². The summed E-state index contributed by atoms with van der Waals surface area (Å²) in [4.78, 5) is 134. The Morgan fingerprint density at radius 1 is 0.435 bits per heavy atom. The Morgan fingerprint density at radius 3 is 1.20 bits per heavy atom. The smallest absolute Gasteiger partial charge is 0.870 e. The van der Waals surface area contributed by atoms with Crippen LogP contribution in [0.25, 0.3) is 0 Å². The normalized spacial score (nSPS) is 10.3. The number of hydrogen-bond acceptors (Lipinski definition) is 30. The van der Waals surface area contributed by atoms with E-state index in [4.69, 9.17) is 48.5 Å². The number of methoxy groups -OCH3 is 6. The number of nitrogen functional groups attached to an aromatic ring is 3. The number of rotatable bonds is 17. The number of esters is 6. The van der Waals surface area contributed by atoms with E-state index in [0.29, 0.717) is 84.0 Å². The molecule has 10 aromatic rings. The Balaban J connectivity index is 0. The number of aliphatic hydroxyl groups excluding tert-OH is 1. The Morgan fingerprint density at radius 2 is 0.782 bits per heavy atom. The molecular weight excluding hydrogens is 1730 g/mol. The number of carbonyl (C=O) groups is 10. The number of nitrogens with one attached hydrogen (secondary N) is 5. The first kappa shape index (κ1) is 109. The van der Waals surface area contributed by atoms with Gasteiger partial charge in [-0.15, -0.1) is 0 Å². The van der Waals surface area contributed by atoms with E-state index in [9.17, 15) is 72.6 Å². The number of amides is 1. The van der Waals surface area contributed by atoms with Crippen LogP contribution >= 0.6 is 22.6 Å². The third-order valence-corrected chi connectivity index (χ3v) is 15.7. The second kappa shape index (κ2) is 57.5. The number of fused-ring (bicyclic) bond motifs is 2. The second-order valence-electron chi connectivity index (χ2n) is 23.2. The van der Waals surface area contributed by atoms with Gasteiger partial charge in [-0.2, -0.15) is 4.39 Å². The average molecular weight is 1830 g/mol. The maximum absolute atomic E-state index is 12.8. The van der Waals surface area contributed by atoms with Gasteiger partial charge in [0.1, 0.15) is 5.69 Å². The molecule has 0 atom stereocenters. The van der Waals surface area contributed by atoms with E-state index in [1.165, 1.54) is 109 Å². The van der Waals surface area contributed by atoms with Crippen LogP contribution in [0.2, 0.25) is 0 Å². The van der Waals surface area contributed by atoms with Gasteiger partial charge in [0, 0.05) is 39.5 Å². The van der Waals surface area contributed by atoms with E-state index >= 15 is 0 Å². The van der Waals surface area contributed by atoms with Crippen molar-refractivity contribution in [1.82, 2.24) is 0 Å². The molecule has 12 rings (SSSR count). The van der Waals surface area contributed by atoms with Crippen LogP contribution in [0.1, 0.15) is 133 Å². The Bertz CT molecular complexity index is 5300. The predicted octanol–water partition coefficient (Wildman–Crippen LogP) is 11.9. The first-order valence-electron chi connectivity index (χ1n) is 34.9. The minimum absolute atomic E-state index is 0. The van der Waals surface area contributed by atoms with E-state index < -0.39 is 75.1 Å². The summed E-state index contributed by atoms with van der Waals surface area (Å²) in [6, 6.07) is 53.8. The molecule has 1 amide bonds. The number of hydrogen-bond donors (Lipinski definition) is 12. The Kier molecular flexibility index (Phi) is 50.8. The summed E-state index contributed by atoms with van der Waals surface area (Å²) in [5.41, 5.74) is 23.6. The summed E-state index contributed by atoms with van der Waals surface area (Å²) < 4.78 is 51.4. The van der Waals surface area contributed by atoms with Gasteiger partial charge in [0.2, 0.25) is 5.82 Å². The van der Waals surface area contributed by atoms with Crippen molar-refractivity contribution >= 4 is 162 Å². The number of nitro groups is 2. The van der Waals surface area contributed by atoms with E-state index in [1.807, 2.05) is 28.7 Å². The molecule has 0 aliphatic carbocycles. The average Bonchev–Trinajstić information content (AvgIpc) is 1.72. The molecule has 0 spiro atoms. The van der Waals surface area contributed by atoms with Crippen molar-refractivity contribution < 1.29 is 147 Å². The van der Waals surface area contributed by atoms with Crippen LogP contribution in [-0.2, 0) is 33.2 Å². The van der Waals surface area contributed by atoms with Crippen molar-refractivity contribution in [2.45, 2.75) is 27.7 Å². The summed E-state index contributed by atoms with van der Waals surface area (Å²) in [5.74, 6) is -7.72. The molecule has 0 saturated carbocycles. The summed E-state index contributed by atoms with van der Waals surface area (Å²) >= 11 is 1.96. The molecule has 0 radical (unpaired) electrons. The fraction of sp³-hybridized carbons (Fsp3) is 0.167. The third kappa shape index (κ3) is 33.5. The molecule has 0 aromatic heterocycles. The molecular formula is C84H93FILiN10O27. The number of nitrogens with two attached hydrogens (primary N) is 3. The van der Waals surface area contributed by atoms with Gasteiger partial charge in [0.05, 0.1) is 165 Å². The number of alkyl halides is 1. The minimum Gasteiger partial charge on any atom is -0.870 e. The van der Waals surface area contributed by atoms with E-state index in [1.54, 1.807) is 121 Å². The van der Waals surface area contributed by atoms with Crippen LogP contribution in [0, 0.1) is 26.0 Å². The topological polar surface area (TPSA) is 602 Å². The standard InChI is InChI=1S/C16H14N2O6.C16H16N2O4.C14H12N2O4.C14H10N2O3.C8H6FNO4.C8H9NO2.C4H8O.CH3I.CH4O.2CH4.Li.2H2O/c1-23-15(19)10-7-8-13(14(9-10)18(21)22)17-12-6-4-3-5-11(12)16(20)24-2;1-21-15(19)10-7-8-14(12(17)9-10)18-13-6-4-3-5-11(13)16(20)22-2;15-10-7-8(13(17)18)5-6-12(10)16-11-4-2-1-3-9(11)14(19)20;17-13-9-3-1-2-4-10(9)15-11-6-5-8(14(18)19)7-12(11)16-13;1-14-8(11)5-2-3-6(9)7(4-5)10(12)13;1-11-8(10)6-4-2-3-5-7(6)9;1-2-4-5-3-1;2*1-2;;;;;/h3-9,17H,1-2H3;3-9,18H,17H2,1-2H3;1-7,16H,15H2,(H,17,18)(H,19,20);1-7,15H,(H,16,17)(H,18,19);2-4H,1H3;2-5H,9H2,1H3;1-4H2;1H3;2H,1H3;2*1H4;;2*1H2/q;;;;;;;;;;;+1;;/p-1/i;;;;;;;1D;;;;;;. The van der Waals surface area contributed by atoms with E-state index in [-0.39, 0.29) is 101 Å². The van der Waals surface area contributed by atoms with Gasteiger partial charge in [0.15, 0.2) is 0 Å². The first-order valence-corrected chi connectivity index (χ1v) is 35.8. The molecule has 2 heterocycles. The first-order chi connectivity index (χ1) is 57.4. The number of nitro benzene ring substituents is 2. The molecule has 0 bridgehead atoms. The van der Waals surface area contributed by atoms with Crippen LogP contribution in [-0.4, -0.2) is 169 Å². The van der Waals surface area contributed by atoms with Gasteiger partial charge in [-0.05, 0) is 157 Å². The molecule has 1 saturated heterocycles. The summed E-state index contributed by atoms with van der Waals surface area (Å²) in [6.45, 7) is 2.00. The van der Waals surface area contributed by atoms with Crippen molar-refractivity contribution in [3.8, 4) is 0 Å². The second-order valence-corrected chi connectivity index (χ2v) is 23.2. The number of nitrogens with zero attached hydrogens (tertiary/aromatic N) is 2. The SMILES string of the molecule is C.C.C1CCOC1.CO.COC(=O)c1ccc(F)c([N+](=O)[O-])c1.COC(=O)c1ccc(Nc2ccccc2C(=O)OC)c(N)c1.COC(=O)c1ccc(Nc2ccccc2C(=O)OC)c([N+](=O)[O-])c1.COC(=O)c1ccccc1N.Nc1cc(C(=O)O)ccc1Nc1ccccc1C(=O)O.O.O=C(O)c1ccc2c(c1)NC(=O)c1ccccc1N2.[2H]CI.[Li+].[OH-]. The number of halogens is 2. The molecule has 18 N–H and O–H groups in total. The van der Waals surface area contributed by atoms with Gasteiger partial charge >= 0.3 is 78.3 Å². The fourth-order valence-corrected chi connectivity index (χ4v) is 9.95. The fourth-order valence-electron chi connectivity index (χ4n) is 9.95. The van der Waals surface area contributed by atoms with Gasteiger partial charge in [-0.1, -0.05) is 98.1 Å². The zero-order valence-corrected chi connectivity index (χ0v) is 68.6. The Labute approximate surface area is 738 Å². The number of aliphatic hydroxyl groups is 1. The number of carboxylic acids is 3. The maximum Gasteiger partial charge on any atom is 1.00 e. The molecule has 2 aliphatic heterocycles. The van der Waals surface area contributed by atoms with Crippen molar-refractivity contribution in [3.63, 3.8) is 0 Å². The van der Waals surface area contributed by atoms with E-state index in [0.717, 1.165) is 51.7 Å². The molecule has 1 fully saturated rings. The van der Waals surface area contributed by atoms with Crippen molar-refractivity contribution in [2.24, 2.45) is 0 Å². The third-order valence-electron chi connectivity index (χ3n) is 15.7. The zero-order valence-electron chi connectivity index (χ0n) is 67.4. The predicted molar refractivity (Wildman–Crippen MR) is 468 cm³/mol. The zero-order chi connectivity index (χ0) is 89.1. The van der Waals surface area contributed by atoms with Crippen molar-refractivity contribution in [1.29, 1.82) is 0 Å². The Hall–Kier alpha value is -14.6. The number of anilines is 12. The number of carboxylic acid groups (broad SMARTS) is 3. The monoisotopic (exact) mass is 1830 g/mol. The number of carbonyl (C=O) groups excluding carboxylic acids is 7. The summed E-state index contributed by atoms with van der Waals surface area (Å²) in [6.07, 6.45) is 2.56. The maximum atomic E-state index is 12.8. The quantitative estimate of drug-likeness (QED) is 0.00589. The van der Waals surface area contributed by atoms with Crippen molar-refractivity contribution in [3.05, 3.63) is 294 Å². The van der Waals surface area contributed by atoms with Gasteiger partial charge in [-0.25, -0.2) is 43.2 Å². The number of aromatic carboxylic acids is 3. The number of para-hydroxylation sites is 5. The van der Waals surface area contributed by atoms with Crippen LogP contribution in [0.4, 0.5) is 84.0 Å². The summed E-state index contributed by atoms with van der Waals surface area (Å²) in [5, 5.41) is 70.1. The molecule has 37 nitrogen and oxygen atoms in total. The van der Waals surface area contributed by atoms with Gasteiger partial charge < -0.3 is 108 Å². The molecule has 124 heavy (non-hydrogen) atoms. The van der Waals surface area contributed by atoms with Crippen LogP contribution in [0.3, 0.4) is 0 Å². The summed E-state index contributed by atoms with van der Waals surface area (Å²) in [7, 11) is 8.52. The molecule has 40 heteroatoms. The molecule has 2 aliphatic rings. The van der Waals surface area contributed by atoms with E-state index in [2.05, 4.69) is 50.3 Å². The van der Waals surface area contributed by atoms with Crippen LogP contribution in [0.5, 0.6) is 0 Å². The largest absolute Gasteiger partial charge is 1.00 e. The van der Waals surface area contributed by atoms with Gasteiger partial charge in [0.25, 0.3) is 11.6 Å². The number of benzene rings is 10. The number of ether oxygens (including phenoxy) is 7. The van der Waals surface area contributed by atoms with Gasteiger partial charge in [-0.3, -0.25) is 25.0 Å². The van der Waals surface area contributed by atoms with Crippen LogP contribution in [0.15, 0.2) is 212 Å². The van der Waals surface area contributed by atoms with Crippen LogP contribution < -0.4 is 62.6 Å².